The Labute approximate surface area is 85.7 Å². The van der Waals surface area contributed by atoms with Gasteiger partial charge in [0.05, 0.1) is 12.7 Å². The molecular formula is C9H9N5O. The highest BCUT2D eigenvalue weighted by Crippen LogP contribution is 2.20. The van der Waals surface area contributed by atoms with Gasteiger partial charge in [-0.05, 0) is 16.8 Å². The summed E-state index contributed by atoms with van der Waals surface area (Å²) in [7, 11) is 0. The highest BCUT2D eigenvalue weighted by Gasteiger charge is 2.07. The Morgan fingerprint density at radius 1 is 1.47 bits per heavy atom. The number of nitrogen functional groups attached to an aromatic ring is 1. The lowest BCUT2D eigenvalue weighted by atomic mass is 10.3. The van der Waals surface area contributed by atoms with Crippen LogP contribution in [-0.4, -0.2) is 14.8 Å². The van der Waals surface area contributed by atoms with Crippen molar-refractivity contribution in [1.82, 2.24) is 14.8 Å². The largest absolute Gasteiger partial charge is 0.382 e. The monoisotopic (exact) mass is 203 g/mol. The lowest BCUT2D eigenvalue weighted by Crippen LogP contribution is -2.05. The second-order valence-electron chi connectivity index (χ2n) is 3.03. The molecule has 2 aromatic heterocycles. The summed E-state index contributed by atoms with van der Waals surface area (Å²) in [4.78, 5) is 14.3. The lowest BCUT2D eigenvalue weighted by molar-refractivity contribution is 0.695. The number of pyridine rings is 1. The first-order chi connectivity index (χ1) is 7.31. The van der Waals surface area contributed by atoms with Crippen LogP contribution < -0.4 is 5.73 Å². The van der Waals surface area contributed by atoms with Crippen molar-refractivity contribution in [3.05, 3.63) is 41.2 Å². The third-order valence-electron chi connectivity index (χ3n) is 2.01. The number of nitrogens with two attached hydrogens (primary N) is 1. The molecule has 2 rings (SSSR count). The zero-order valence-electron chi connectivity index (χ0n) is 7.87. The van der Waals surface area contributed by atoms with E-state index in [1.165, 1.54) is 10.9 Å². The Bertz CT molecular complexity index is 465. The average Bonchev–Trinajstić information content (AvgIpc) is 2.62. The summed E-state index contributed by atoms with van der Waals surface area (Å²) in [6.07, 6.45) is 4.75. The van der Waals surface area contributed by atoms with E-state index in [9.17, 15) is 4.91 Å². The number of nitroso groups, excluding NO2 is 1. The van der Waals surface area contributed by atoms with E-state index in [-0.39, 0.29) is 11.5 Å². The van der Waals surface area contributed by atoms with Crippen LogP contribution in [0.15, 0.2) is 35.9 Å². The topological polar surface area (TPSA) is 86.2 Å². The third kappa shape index (κ3) is 1.83. The maximum absolute atomic E-state index is 10.3. The predicted molar refractivity (Wildman–Crippen MR) is 55.4 cm³/mol. The number of hydrogen-bond acceptors (Lipinski definition) is 5. The SMILES string of the molecule is Nc1c(N=O)cnn1Cc1cccnc1. The van der Waals surface area contributed by atoms with Crippen molar-refractivity contribution in [2.45, 2.75) is 6.54 Å². The number of anilines is 1. The van der Waals surface area contributed by atoms with Crippen molar-refractivity contribution >= 4 is 11.5 Å². The molecule has 0 spiro atoms. The van der Waals surface area contributed by atoms with Gasteiger partial charge in [-0.1, -0.05) is 6.07 Å². The number of aromatic nitrogens is 3. The zero-order valence-corrected chi connectivity index (χ0v) is 7.87. The molecular weight excluding hydrogens is 194 g/mol. The highest BCUT2D eigenvalue weighted by atomic mass is 16.3. The van der Waals surface area contributed by atoms with Gasteiger partial charge >= 0.3 is 0 Å². The first kappa shape index (κ1) is 9.32. The smallest absolute Gasteiger partial charge is 0.169 e. The summed E-state index contributed by atoms with van der Waals surface area (Å²) in [5, 5.41) is 6.71. The molecule has 0 amide bonds. The van der Waals surface area contributed by atoms with Crippen molar-refractivity contribution in [3.8, 4) is 0 Å². The molecule has 2 heterocycles. The van der Waals surface area contributed by atoms with Gasteiger partial charge in [-0.2, -0.15) is 5.10 Å². The molecule has 2 N–H and O–H groups in total. The molecule has 0 aromatic carbocycles. The number of hydrogen-bond donors (Lipinski definition) is 1. The Morgan fingerprint density at radius 2 is 2.33 bits per heavy atom. The summed E-state index contributed by atoms with van der Waals surface area (Å²) in [5.74, 6) is 0.272. The molecule has 0 aliphatic rings. The summed E-state index contributed by atoms with van der Waals surface area (Å²) < 4.78 is 1.51. The molecule has 0 atom stereocenters. The Morgan fingerprint density at radius 3 is 2.93 bits per heavy atom. The van der Waals surface area contributed by atoms with Gasteiger partial charge in [-0.3, -0.25) is 4.98 Å². The van der Waals surface area contributed by atoms with Gasteiger partial charge in [0, 0.05) is 12.4 Å². The summed E-state index contributed by atoms with van der Waals surface area (Å²) in [6, 6.07) is 3.73. The minimum Gasteiger partial charge on any atom is -0.382 e. The molecule has 15 heavy (non-hydrogen) atoms. The van der Waals surface area contributed by atoms with E-state index in [0.29, 0.717) is 6.54 Å². The Kier molecular flexibility index (Phi) is 2.40. The highest BCUT2D eigenvalue weighted by molar-refractivity contribution is 5.56. The van der Waals surface area contributed by atoms with Crippen LogP contribution in [0.4, 0.5) is 11.5 Å². The summed E-state index contributed by atoms with van der Waals surface area (Å²) in [6.45, 7) is 0.481. The first-order valence-electron chi connectivity index (χ1n) is 4.35. The minimum absolute atomic E-state index is 0.166. The maximum Gasteiger partial charge on any atom is 0.169 e. The van der Waals surface area contributed by atoms with E-state index in [1.807, 2.05) is 12.1 Å². The van der Waals surface area contributed by atoms with Crippen LogP contribution in [-0.2, 0) is 6.54 Å². The molecule has 0 fully saturated rings. The second kappa shape index (κ2) is 3.87. The average molecular weight is 203 g/mol. The van der Waals surface area contributed by atoms with Crippen LogP contribution >= 0.6 is 0 Å². The second-order valence-corrected chi connectivity index (χ2v) is 3.03. The fourth-order valence-electron chi connectivity index (χ4n) is 1.25. The summed E-state index contributed by atoms with van der Waals surface area (Å²) >= 11 is 0. The molecule has 0 aliphatic heterocycles. The van der Waals surface area contributed by atoms with Crippen LogP contribution in [0.25, 0.3) is 0 Å². The van der Waals surface area contributed by atoms with Crippen LogP contribution in [0, 0.1) is 4.91 Å². The van der Waals surface area contributed by atoms with Crippen LogP contribution in [0.2, 0.25) is 0 Å². The fraction of sp³-hybridized carbons (Fsp3) is 0.111. The van der Waals surface area contributed by atoms with E-state index < -0.39 is 0 Å². The van der Waals surface area contributed by atoms with Gasteiger partial charge in [-0.15, -0.1) is 4.91 Å². The normalized spacial score (nSPS) is 10.1. The molecule has 6 heteroatoms. The lowest BCUT2D eigenvalue weighted by Gasteiger charge is -2.02. The molecule has 0 aliphatic carbocycles. The molecule has 0 saturated heterocycles. The quantitative estimate of drug-likeness (QED) is 0.762. The van der Waals surface area contributed by atoms with Crippen molar-refractivity contribution in [3.63, 3.8) is 0 Å². The van der Waals surface area contributed by atoms with Crippen molar-refractivity contribution in [1.29, 1.82) is 0 Å². The van der Waals surface area contributed by atoms with Crippen LogP contribution in [0.5, 0.6) is 0 Å². The van der Waals surface area contributed by atoms with Gasteiger partial charge in [0.25, 0.3) is 0 Å². The molecule has 2 aromatic rings. The van der Waals surface area contributed by atoms with Crippen LogP contribution in [0.3, 0.4) is 0 Å². The molecule has 0 radical (unpaired) electrons. The first-order valence-corrected chi connectivity index (χ1v) is 4.35. The van der Waals surface area contributed by atoms with Gasteiger partial charge in [0.15, 0.2) is 11.5 Å². The molecule has 76 valence electrons. The number of nitrogens with zero attached hydrogens (tertiary/aromatic N) is 4. The standard InChI is InChI=1S/C9H9N5O/c10-9-8(13-15)5-12-14(9)6-7-2-1-3-11-4-7/h1-5H,6,10H2. The van der Waals surface area contributed by atoms with E-state index in [2.05, 4.69) is 15.3 Å². The van der Waals surface area contributed by atoms with Crippen LogP contribution in [0.1, 0.15) is 5.56 Å². The van der Waals surface area contributed by atoms with E-state index in [4.69, 9.17) is 5.73 Å². The maximum atomic E-state index is 10.3. The minimum atomic E-state index is 0.166. The van der Waals surface area contributed by atoms with Gasteiger partial charge in [-0.25, -0.2) is 4.68 Å². The van der Waals surface area contributed by atoms with Gasteiger partial charge < -0.3 is 5.73 Å². The number of rotatable bonds is 3. The molecule has 0 unspecified atom stereocenters. The third-order valence-corrected chi connectivity index (χ3v) is 2.01. The van der Waals surface area contributed by atoms with Crippen molar-refractivity contribution in [2.75, 3.05) is 5.73 Å². The zero-order chi connectivity index (χ0) is 10.7. The molecule has 0 saturated carbocycles. The Hall–Kier alpha value is -2.24. The van der Waals surface area contributed by atoms with Crippen molar-refractivity contribution < 1.29 is 0 Å². The fourth-order valence-corrected chi connectivity index (χ4v) is 1.25. The van der Waals surface area contributed by atoms with E-state index >= 15 is 0 Å². The summed E-state index contributed by atoms with van der Waals surface area (Å²) in [5.41, 5.74) is 6.78. The predicted octanol–water partition coefficient (Wildman–Crippen LogP) is 1.31. The van der Waals surface area contributed by atoms with Crippen molar-refractivity contribution in [2.24, 2.45) is 5.18 Å². The molecule has 6 nitrogen and oxygen atoms in total. The van der Waals surface area contributed by atoms with Gasteiger partial charge in [0.2, 0.25) is 0 Å². The molecule has 0 bridgehead atoms. The van der Waals surface area contributed by atoms with Gasteiger partial charge in [0.1, 0.15) is 0 Å². The van der Waals surface area contributed by atoms with E-state index in [0.717, 1.165) is 5.56 Å². The van der Waals surface area contributed by atoms with E-state index in [1.54, 1.807) is 12.4 Å². The Balaban J connectivity index is 2.25.